The molecule has 0 aliphatic heterocycles. The minimum absolute atomic E-state index is 0.0164. The van der Waals surface area contributed by atoms with Crippen molar-refractivity contribution in [2.24, 2.45) is 5.73 Å². The van der Waals surface area contributed by atoms with Crippen LogP contribution in [0.15, 0.2) is 36.4 Å². The maximum atomic E-state index is 7.67. The van der Waals surface area contributed by atoms with E-state index in [1.165, 1.54) is 5.56 Å². The third-order valence-electron chi connectivity index (χ3n) is 3.53. The van der Waals surface area contributed by atoms with Gasteiger partial charge in [0.25, 0.3) is 0 Å². The van der Waals surface area contributed by atoms with Crippen LogP contribution in [0.4, 0.5) is 0 Å². The van der Waals surface area contributed by atoms with Gasteiger partial charge in [0.05, 0.1) is 5.56 Å². The molecule has 0 atom stereocenters. The van der Waals surface area contributed by atoms with Gasteiger partial charge in [0.15, 0.2) is 0 Å². The first-order chi connectivity index (χ1) is 9.88. The molecule has 2 aromatic rings. The normalized spacial score (nSPS) is 10.7. The highest BCUT2D eigenvalue weighted by Crippen LogP contribution is 2.31. The molecule has 0 bridgehead atoms. The second-order valence-corrected chi connectivity index (χ2v) is 5.69. The number of hydrogen-bond acceptors (Lipinski definition) is 2. The van der Waals surface area contributed by atoms with E-state index in [0.29, 0.717) is 17.2 Å². The summed E-state index contributed by atoms with van der Waals surface area (Å²) >= 11 is 0. The highest BCUT2D eigenvalue weighted by atomic mass is 16.5. The number of hydrogen-bond donors (Lipinski definition) is 2. The summed E-state index contributed by atoms with van der Waals surface area (Å²) in [5, 5.41) is 7.67. The Labute approximate surface area is 126 Å². The summed E-state index contributed by atoms with van der Waals surface area (Å²) in [4.78, 5) is 0. The van der Waals surface area contributed by atoms with Crippen molar-refractivity contribution in [3.63, 3.8) is 0 Å². The molecule has 0 saturated heterocycles. The van der Waals surface area contributed by atoms with E-state index in [9.17, 15) is 0 Å². The van der Waals surface area contributed by atoms with Gasteiger partial charge in [-0.25, -0.2) is 0 Å². The van der Waals surface area contributed by atoms with Crippen LogP contribution in [0.2, 0.25) is 0 Å². The Morgan fingerprint density at radius 2 is 1.76 bits per heavy atom. The van der Waals surface area contributed by atoms with Crippen molar-refractivity contribution >= 4 is 5.84 Å². The van der Waals surface area contributed by atoms with Crippen molar-refractivity contribution in [1.82, 2.24) is 0 Å². The minimum Gasteiger partial charge on any atom is -0.456 e. The molecule has 0 heterocycles. The predicted octanol–water partition coefficient (Wildman–Crippen LogP) is 4.50. The van der Waals surface area contributed by atoms with Gasteiger partial charge in [0.1, 0.15) is 17.3 Å². The molecule has 21 heavy (non-hydrogen) atoms. The lowest BCUT2D eigenvalue weighted by atomic mass is 10.0. The zero-order valence-electron chi connectivity index (χ0n) is 13.0. The van der Waals surface area contributed by atoms with E-state index in [0.717, 1.165) is 16.9 Å². The Balaban J connectivity index is 2.44. The molecule has 0 spiro atoms. The van der Waals surface area contributed by atoms with Crippen molar-refractivity contribution in [3.8, 4) is 11.5 Å². The quantitative estimate of drug-likeness (QED) is 0.640. The molecule has 0 amide bonds. The summed E-state index contributed by atoms with van der Waals surface area (Å²) in [5.41, 5.74) is 9.63. The van der Waals surface area contributed by atoms with Crippen molar-refractivity contribution < 1.29 is 4.74 Å². The Morgan fingerprint density at radius 1 is 1.05 bits per heavy atom. The van der Waals surface area contributed by atoms with Crippen molar-refractivity contribution in [3.05, 3.63) is 58.7 Å². The largest absolute Gasteiger partial charge is 0.456 e. The molecule has 0 fully saturated rings. The van der Waals surface area contributed by atoms with Gasteiger partial charge in [-0.2, -0.15) is 0 Å². The van der Waals surface area contributed by atoms with E-state index < -0.39 is 0 Å². The highest BCUT2D eigenvalue weighted by Gasteiger charge is 2.11. The Bertz CT molecular complexity index is 675. The lowest BCUT2D eigenvalue weighted by Crippen LogP contribution is -2.12. The summed E-state index contributed by atoms with van der Waals surface area (Å²) in [7, 11) is 0. The second kappa shape index (κ2) is 6.00. The van der Waals surface area contributed by atoms with Crippen LogP contribution >= 0.6 is 0 Å². The molecule has 0 saturated carbocycles. The molecule has 0 aromatic heterocycles. The summed E-state index contributed by atoms with van der Waals surface area (Å²) in [6.45, 7) is 8.32. The summed E-state index contributed by atoms with van der Waals surface area (Å²) in [6, 6.07) is 11.9. The van der Waals surface area contributed by atoms with Gasteiger partial charge in [-0.05, 0) is 54.7 Å². The topological polar surface area (TPSA) is 59.1 Å². The van der Waals surface area contributed by atoms with Gasteiger partial charge in [0, 0.05) is 0 Å². The fourth-order valence-corrected chi connectivity index (χ4v) is 2.14. The Hall–Kier alpha value is -2.29. The van der Waals surface area contributed by atoms with Crippen LogP contribution in [0.3, 0.4) is 0 Å². The van der Waals surface area contributed by atoms with Gasteiger partial charge in [-0.15, -0.1) is 0 Å². The molecule has 2 aromatic carbocycles. The number of aryl methyl sites for hydroxylation is 2. The molecular formula is C18H22N2O. The summed E-state index contributed by atoms with van der Waals surface area (Å²) < 4.78 is 6.05. The Kier molecular flexibility index (Phi) is 4.32. The third kappa shape index (κ3) is 3.43. The number of benzene rings is 2. The van der Waals surface area contributed by atoms with Crippen LogP contribution in [0.25, 0.3) is 0 Å². The van der Waals surface area contributed by atoms with Gasteiger partial charge in [0.2, 0.25) is 0 Å². The van der Waals surface area contributed by atoms with Crippen molar-refractivity contribution in [2.75, 3.05) is 0 Å². The third-order valence-corrected chi connectivity index (χ3v) is 3.53. The molecule has 3 nitrogen and oxygen atoms in total. The molecule has 0 aliphatic carbocycles. The summed E-state index contributed by atoms with van der Waals surface area (Å²) in [6.07, 6.45) is 0. The Morgan fingerprint density at radius 3 is 2.38 bits per heavy atom. The lowest BCUT2D eigenvalue weighted by Gasteiger charge is -2.15. The fourth-order valence-electron chi connectivity index (χ4n) is 2.14. The fraction of sp³-hybridized carbons (Fsp3) is 0.278. The smallest absolute Gasteiger partial charge is 0.138 e. The number of nitrogen functional groups attached to an aromatic ring is 1. The van der Waals surface area contributed by atoms with Crippen LogP contribution in [0.5, 0.6) is 11.5 Å². The van der Waals surface area contributed by atoms with Crippen LogP contribution in [0.1, 0.15) is 42.0 Å². The SMILES string of the molecule is Cc1ccc(C(=N)N)c(Oc2cc(C(C)C)ccc2C)c1. The lowest BCUT2D eigenvalue weighted by molar-refractivity contribution is 0.476. The zero-order valence-corrected chi connectivity index (χ0v) is 13.0. The number of ether oxygens (including phenoxy) is 1. The number of amidine groups is 1. The van der Waals surface area contributed by atoms with E-state index >= 15 is 0 Å². The van der Waals surface area contributed by atoms with E-state index in [-0.39, 0.29) is 5.84 Å². The van der Waals surface area contributed by atoms with Crippen LogP contribution in [-0.2, 0) is 0 Å². The molecule has 0 radical (unpaired) electrons. The number of nitrogens with one attached hydrogen (secondary N) is 1. The first-order valence-corrected chi connectivity index (χ1v) is 7.12. The second-order valence-electron chi connectivity index (χ2n) is 5.69. The van der Waals surface area contributed by atoms with E-state index in [1.807, 2.05) is 32.0 Å². The van der Waals surface area contributed by atoms with Crippen LogP contribution in [-0.4, -0.2) is 5.84 Å². The maximum Gasteiger partial charge on any atom is 0.138 e. The minimum atomic E-state index is 0.0164. The molecule has 110 valence electrons. The monoisotopic (exact) mass is 282 g/mol. The van der Waals surface area contributed by atoms with Crippen LogP contribution in [0, 0.1) is 19.3 Å². The average Bonchev–Trinajstić information content (AvgIpc) is 2.40. The number of rotatable bonds is 4. The van der Waals surface area contributed by atoms with E-state index in [2.05, 4.69) is 32.0 Å². The first-order valence-electron chi connectivity index (χ1n) is 7.12. The molecule has 0 unspecified atom stereocenters. The van der Waals surface area contributed by atoms with Gasteiger partial charge in [-0.1, -0.05) is 32.0 Å². The van der Waals surface area contributed by atoms with Gasteiger partial charge >= 0.3 is 0 Å². The van der Waals surface area contributed by atoms with Gasteiger partial charge < -0.3 is 10.5 Å². The predicted molar refractivity (Wildman–Crippen MR) is 87.5 cm³/mol. The summed E-state index contributed by atoms with van der Waals surface area (Å²) in [5.74, 6) is 1.90. The molecule has 0 aliphatic rings. The molecule has 2 rings (SSSR count). The van der Waals surface area contributed by atoms with Crippen LogP contribution < -0.4 is 10.5 Å². The van der Waals surface area contributed by atoms with Gasteiger partial charge in [-0.3, -0.25) is 5.41 Å². The maximum absolute atomic E-state index is 7.67. The first kappa shape index (κ1) is 15.1. The number of nitrogens with two attached hydrogens (primary N) is 1. The van der Waals surface area contributed by atoms with Crippen molar-refractivity contribution in [1.29, 1.82) is 5.41 Å². The molecule has 3 heteroatoms. The molecule has 3 N–H and O–H groups in total. The highest BCUT2D eigenvalue weighted by molar-refractivity contribution is 5.97. The standard InChI is InChI=1S/C18H22N2O/c1-11(2)14-7-6-13(4)16(10-14)21-17-9-12(3)5-8-15(17)18(19)20/h5-11H,1-4H3,(H3,19,20). The van der Waals surface area contributed by atoms with E-state index in [1.54, 1.807) is 0 Å². The van der Waals surface area contributed by atoms with Crippen molar-refractivity contribution in [2.45, 2.75) is 33.6 Å². The average molecular weight is 282 g/mol. The van der Waals surface area contributed by atoms with E-state index in [4.69, 9.17) is 15.9 Å². The molecular weight excluding hydrogens is 260 g/mol. The zero-order chi connectivity index (χ0) is 15.6.